The molecule has 6 heteroatoms. The van der Waals surface area contributed by atoms with Crippen LogP contribution in [0.5, 0.6) is 5.75 Å². The minimum Gasteiger partial charge on any atom is -0.486 e. The summed E-state index contributed by atoms with van der Waals surface area (Å²) in [4.78, 5) is 16.5. The number of aromatic nitrogens is 1. The summed E-state index contributed by atoms with van der Waals surface area (Å²) in [6.07, 6.45) is 0.252. The van der Waals surface area contributed by atoms with E-state index >= 15 is 0 Å². The van der Waals surface area contributed by atoms with Crippen molar-refractivity contribution in [1.29, 1.82) is 0 Å². The minimum absolute atomic E-state index is 0.0683. The van der Waals surface area contributed by atoms with Gasteiger partial charge in [-0.25, -0.2) is 4.98 Å². The summed E-state index contributed by atoms with van der Waals surface area (Å²) in [5.74, 6) is 0.743. The lowest BCUT2D eigenvalue weighted by Gasteiger charge is -2.05. The summed E-state index contributed by atoms with van der Waals surface area (Å²) >= 11 is 7.44. The third-order valence-electron chi connectivity index (χ3n) is 3.70. The highest BCUT2D eigenvalue weighted by atomic mass is 35.5. The minimum atomic E-state index is -0.0683. The Morgan fingerprint density at radius 2 is 2.04 bits per heavy atom. The third kappa shape index (κ3) is 5.58. The molecule has 0 atom stereocenters. The molecule has 0 radical (unpaired) electrons. The molecule has 0 spiro atoms. The molecule has 0 bridgehead atoms. The maximum atomic E-state index is 12.1. The van der Waals surface area contributed by atoms with Crippen LogP contribution in [0.1, 0.15) is 21.8 Å². The van der Waals surface area contributed by atoms with Crippen molar-refractivity contribution in [2.45, 2.75) is 26.5 Å². The number of carbonyl (C=O) groups is 1. The van der Waals surface area contributed by atoms with E-state index in [-0.39, 0.29) is 12.3 Å². The molecule has 0 saturated heterocycles. The SMILES string of the molecule is Cc1ccc(OCc2nc(CC(=O)NCc3cccc(Cl)c3)cs2)cc1. The van der Waals surface area contributed by atoms with Gasteiger partial charge in [-0.15, -0.1) is 11.3 Å². The molecule has 1 amide bonds. The second-order valence-corrected chi connectivity index (χ2v) is 7.30. The topological polar surface area (TPSA) is 51.2 Å². The molecule has 1 N–H and O–H groups in total. The van der Waals surface area contributed by atoms with E-state index in [1.54, 1.807) is 0 Å². The largest absolute Gasteiger partial charge is 0.486 e. The molecule has 4 nitrogen and oxygen atoms in total. The Bertz CT molecular complexity index is 878. The molecule has 0 aliphatic heterocycles. The third-order valence-corrected chi connectivity index (χ3v) is 4.81. The molecule has 0 saturated carbocycles. The van der Waals surface area contributed by atoms with Gasteiger partial charge in [0, 0.05) is 16.9 Å². The van der Waals surface area contributed by atoms with Crippen LogP contribution in [0.15, 0.2) is 53.9 Å². The van der Waals surface area contributed by atoms with Crippen LogP contribution in [0.25, 0.3) is 0 Å². The number of nitrogens with one attached hydrogen (secondary N) is 1. The monoisotopic (exact) mass is 386 g/mol. The highest BCUT2D eigenvalue weighted by molar-refractivity contribution is 7.09. The number of ether oxygens (including phenoxy) is 1. The summed E-state index contributed by atoms with van der Waals surface area (Å²) < 4.78 is 5.72. The van der Waals surface area contributed by atoms with Crippen molar-refractivity contribution in [2.75, 3.05) is 0 Å². The molecule has 0 aliphatic rings. The predicted molar refractivity (Wildman–Crippen MR) is 105 cm³/mol. The molecule has 3 aromatic rings. The van der Waals surface area contributed by atoms with Crippen LogP contribution in [0.3, 0.4) is 0 Å². The smallest absolute Gasteiger partial charge is 0.226 e. The first-order valence-electron chi connectivity index (χ1n) is 8.22. The van der Waals surface area contributed by atoms with Crippen LogP contribution in [-0.2, 0) is 24.4 Å². The number of thiazole rings is 1. The molecule has 0 fully saturated rings. The van der Waals surface area contributed by atoms with Crippen LogP contribution in [-0.4, -0.2) is 10.9 Å². The number of halogens is 1. The summed E-state index contributed by atoms with van der Waals surface area (Å²) in [6, 6.07) is 15.3. The second kappa shape index (κ2) is 8.83. The average molecular weight is 387 g/mol. The van der Waals surface area contributed by atoms with Crippen molar-refractivity contribution in [3.05, 3.63) is 80.8 Å². The molecule has 0 unspecified atom stereocenters. The standard InChI is InChI=1S/C20H19ClN2O2S/c1-14-5-7-18(8-6-14)25-12-20-23-17(13-26-20)10-19(24)22-11-15-3-2-4-16(21)9-15/h2-9,13H,10-12H2,1H3,(H,22,24). The fourth-order valence-corrected chi connectivity index (χ4v) is 3.27. The van der Waals surface area contributed by atoms with Crippen LogP contribution < -0.4 is 10.1 Å². The van der Waals surface area contributed by atoms with E-state index in [0.717, 1.165) is 22.0 Å². The van der Waals surface area contributed by atoms with Gasteiger partial charge in [0.05, 0.1) is 12.1 Å². The predicted octanol–water partition coefficient (Wildman–Crippen LogP) is 4.54. The molecular formula is C20H19ClN2O2S. The number of nitrogens with zero attached hydrogens (tertiary/aromatic N) is 1. The number of benzene rings is 2. The Hall–Kier alpha value is -2.37. The molecule has 1 heterocycles. The summed E-state index contributed by atoms with van der Waals surface area (Å²) in [5.41, 5.74) is 2.91. The van der Waals surface area contributed by atoms with E-state index in [4.69, 9.17) is 16.3 Å². The first-order chi connectivity index (χ1) is 12.6. The molecule has 1 aromatic heterocycles. The lowest BCUT2D eigenvalue weighted by Crippen LogP contribution is -2.24. The summed E-state index contributed by atoms with van der Waals surface area (Å²) in [5, 5.41) is 6.29. The van der Waals surface area contributed by atoms with Crippen molar-refractivity contribution in [1.82, 2.24) is 10.3 Å². The van der Waals surface area contributed by atoms with E-state index in [9.17, 15) is 4.79 Å². The molecule has 3 rings (SSSR count). The van der Waals surface area contributed by atoms with Gasteiger partial charge in [0.25, 0.3) is 0 Å². The highest BCUT2D eigenvalue weighted by Gasteiger charge is 2.08. The van der Waals surface area contributed by atoms with Gasteiger partial charge >= 0.3 is 0 Å². The summed E-state index contributed by atoms with van der Waals surface area (Å²) in [6.45, 7) is 2.89. The number of carbonyl (C=O) groups excluding carboxylic acids is 1. The fourth-order valence-electron chi connectivity index (χ4n) is 2.35. The van der Waals surface area contributed by atoms with Crippen molar-refractivity contribution in [2.24, 2.45) is 0 Å². The number of rotatable bonds is 7. The van der Waals surface area contributed by atoms with Gasteiger partial charge in [-0.1, -0.05) is 41.4 Å². The molecular weight excluding hydrogens is 368 g/mol. The fraction of sp³-hybridized carbons (Fsp3) is 0.200. The van der Waals surface area contributed by atoms with Gasteiger partial charge in [-0.2, -0.15) is 0 Å². The van der Waals surface area contributed by atoms with E-state index < -0.39 is 0 Å². The second-order valence-electron chi connectivity index (χ2n) is 5.92. The molecule has 2 aromatic carbocycles. The van der Waals surface area contributed by atoms with Crippen molar-refractivity contribution >= 4 is 28.8 Å². The van der Waals surface area contributed by atoms with E-state index in [2.05, 4.69) is 10.3 Å². The van der Waals surface area contributed by atoms with Gasteiger partial charge in [0.15, 0.2) is 0 Å². The lowest BCUT2D eigenvalue weighted by molar-refractivity contribution is -0.120. The van der Waals surface area contributed by atoms with Crippen LogP contribution in [0.4, 0.5) is 0 Å². The zero-order valence-corrected chi connectivity index (χ0v) is 15.9. The quantitative estimate of drug-likeness (QED) is 0.648. The van der Waals surface area contributed by atoms with Gasteiger partial charge in [0.1, 0.15) is 17.4 Å². The van der Waals surface area contributed by atoms with Gasteiger partial charge in [-0.05, 0) is 36.8 Å². The molecule has 134 valence electrons. The number of hydrogen-bond acceptors (Lipinski definition) is 4. The maximum Gasteiger partial charge on any atom is 0.226 e. The van der Waals surface area contributed by atoms with Crippen LogP contribution in [0, 0.1) is 6.92 Å². The van der Waals surface area contributed by atoms with Gasteiger partial charge in [-0.3, -0.25) is 4.79 Å². The van der Waals surface area contributed by atoms with E-state index in [1.807, 2.05) is 60.8 Å². The zero-order valence-electron chi connectivity index (χ0n) is 14.4. The zero-order chi connectivity index (χ0) is 18.4. The lowest BCUT2D eigenvalue weighted by atomic mass is 10.2. The van der Waals surface area contributed by atoms with Crippen LogP contribution >= 0.6 is 22.9 Å². The Balaban J connectivity index is 1.46. The van der Waals surface area contributed by atoms with E-state index in [1.165, 1.54) is 16.9 Å². The van der Waals surface area contributed by atoms with Crippen LogP contribution in [0.2, 0.25) is 5.02 Å². The first kappa shape index (κ1) is 18.4. The van der Waals surface area contributed by atoms with Crippen molar-refractivity contribution < 1.29 is 9.53 Å². The Labute approximate surface area is 161 Å². The normalized spacial score (nSPS) is 10.5. The van der Waals surface area contributed by atoms with Crippen molar-refractivity contribution in [3.8, 4) is 5.75 Å². The Morgan fingerprint density at radius 1 is 1.23 bits per heavy atom. The highest BCUT2D eigenvalue weighted by Crippen LogP contribution is 2.16. The Kier molecular flexibility index (Phi) is 6.26. The number of aryl methyl sites for hydroxylation is 1. The number of amides is 1. The molecule has 26 heavy (non-hydrogen) atoms. The number of hydrogen-bond donors (Lipinski definition) is 1. The maximum absolute atomic E-state index is 12.1. The van der Waals surface area contributed by atoms with Crippen molar-refractivity contribution in [3.63, 3.8) is 0 Å². The van der Waals surface area contributed by atoms with E-state index in [0.29, 0.717) is 18.2 Å². The Morgan fingerprint density at radius 3 is 2.81 bits per heavy atom. The molecule has 0 aliphatic carbocycles. The average Bonchev–Trinajstić information content (AvgIpc) is 3.07. The van der Waals surface area contributed by atoms with Gasteiger partial charge < -0.3 is 10.1 Å². The summed E-state index contributed by atoms with van der Waals surface area (Å²) in [7, 11) is 0. The van der Waals surface area contributed by atoms with Gasteiger partial charge in [0.2, 0.25) is 5.91 Å². The first-order valence-corrected chi connectivity index (χ1v) is 9.48.